The van der Waals surface area contributed by atoms with Gasteiger partial charge >= 0.3 is 6.18 Å². The Morgan fingerprint density at radius 3 is 2.80 bits per heavy atom. The van der Waals surface area contributed by atoms with Gasteiger partial charge in [0, 0.05) is 19.4 Å². The van der Waals surface area contributed by atoms with Crippen molar-refractivity contribution < 1.29 is 13.2 Å². The minimum absolute atomic E-state index is 0.00984. The minimum atomic E-state index is -4.12. The van der Waals surface area contributed by atoms with E-state index in [9.17, 15) is 13.2 Å². The molecule has 1 N–H and O–H groups in total. The first-order valence-corrected chi connectivity index (χ1v) is 7.22. The summed E-state index contributed by atoms with van der Waals surface area (Å²) < 4.78 is 40.2. The fourth-order valence-electron chi connectivity index (χ4n) is 3.13. The molecular formula is C13H19F3N4. The maximum atomic E-state index is 12.8. The van der Waals surface area contributed by atoms with Gasteiger partial charge in [-0.2, -0.15) is 13.2 Å². The number of alkyl halides is 3. The molecule has 0 aromatic carbocycles. The summed E-state index contributed by atoms with van der Waals surface area (Å²) in [6.45, 7) is 2.04. The lowest BCUT2D eigenvalue weighted by Gasteiger charge is -2.26. The molecule has 0 amide bonds. The molecular weight excluding hydrogens is 269 g/mol. The van der Waals surface area contributed by atoms with Crippen molar-refractivity contribution in [2.45, 2.75) is 44.8 Å². The Bertz CT molecular complexity index is 463. The van der Waals surface area contributed by atoms with Crippen LogP contribution in [0.3, 0.4) is 0 Å². The summed E-state index contributed by atoms with van der Waals surface area (Å²) in [7, 11) is 0. The van der Waals surface area contributed by atoms with Crippen molar-refractivity contribution in [3.05, 3.63) is 11.6 Å². The fourth-order valence-corrected chi connectivity index (χ4v) is 3.13. The minimum Gasteiger partial charge on any atom is -0.316 e. The summed E-state index contributed by atoms with van der Waals surface area (Å²) in [5, 5.41) is 11.4. The average Bonchev–Trinajstić information content (AvgIpc) is 3.04. The second-order valence-electron chi connectivity index (χ2n) is 5.82. The molecule has 2 unspecified atom stereocenters. The van der Waals surface area contributed by atoms with Gasteiger partial charge in [-0.25, -0.2) is 0 Å². The molecule has 1 aromatic rings. The van der Waals surface area contributed by atoms with Gasteiger partial charge in [-0.3, -0.25) is 0 Å². The molecule has 7 heteroatoms. The van der Waals surface area contributed by atoms with Crippen LogP contribution < -0.4 is 5.32 Å². The van der Waals surface area contributed by atoms with E-state index in [4.69, 9.17) is 0 Å². The van der Waals surface area contributed by atoms with Crippen molar-refractivity contribution in [2.24, 2.45) is 11.8 Å². The third kappa shape index (κ3) is 2.82. The van der Waals surface area contributed by atoms with E-state index in [1.165, 1.54) is 0 Å². The lowest BCUT2D eigenvalue weighted by atomic mass is 9.98. The number of nitrogens with one attached hydrogen (secondary N) is 1. The Balaban J connectivity index is 1.67. The van der Waals surface area contributed by atoms with Crippen molar-refractivity contribution >= 4 is 0 Å². The second kappa shape index (κ2) is 5.35. The number of hydrogen-bond acceptors (Lipinski definition) is 3. The van der Waals surface area contributed by atoms with E-state index in [1.807, 2.05) is 0 Å². The highest BCUT2D eigenvalue weighted by Crippen LogP contribution is 2.34. The van der Waals surface area contributed by atoms with Gasteiger partial charge in [0.2, 0.25) is 0 Å². The van der Waals surface area contributed by atoms with Crippen LogP contribution in [0.4, 0.5) is 13.2 Å². The van der Waals surface area contributed by atoms with Gasteiger partial charge in [-0.15, -0.1) is 10.2 Å². The van der Waals surface area contributed by atoms with E-state index in [0.717, 1.165) is 38.2 Å². The Labute approximate surface area is 115 Å². The molecule has 3 rings (SSSR count). The summed E-state index contributed by atoms with van der Waals surface area (Å²) in [5.41, 5.74) is 0. The molecule has 2 aliphatic heterocycles. The smallest absolute Gasteiger partial charge is 0.316 e. The van der Waals surface area contributed by atoms with Gasteiger partial charge in [-0.05, 0) is 38.3 Å². The third-order valence-corrected chi connectivity index (χ3v) is 4.42. The highest BCUT2D eigenvalue weighted by molar-refractivity contribution is 5.01. The van der Waals surface area contributed by atoms with Gasteiger partial charge in [0.1, 0.15) is 11.6 Å². The highest BCUT2D eigenvalue weighted by atomic mass is 19.4. The summed E-state index contributed by atoms with van der Waals surface area (Å²) in [5.74, 6) is 0.800. The van der Waals surface area contributed by atoms with Crippen LogP contribution in [0.2, 0.25) is 0 Å². The van der Waals surface area contributed by atoms with E-state index in [2.05, 4.69) is 15.5 Å². The Hall–Kier alpha value is -1.11. The van der Waals surface area contributed by atoms with Crippen LogP contribution in [0.5, 0.6) is 0 Å². The summed E-state index contributed by atoms with van der Waals surface area (Å²) in [6.07, 6.45) is -0.761. The molecule has 3 heterocycles. The number of nitrogens with zero attached hydrogens (tertiary/aromatic N) is 3. The van der Waals surface area contributed by atoms with E-state index >= 15 is 0 Å². The largest absolute Gasteiger partial charge is 0.393 e. The molecule has 1 fully saturated rings. The normalized spacial score (nSPS) is 26.8. The van der Waals surface area contributed by atoms with Gasteiger partial charge in [0.25, 0.3) is 0 Å². The van der Waals surface area contributed by atoms with Crippen molar-refractivity contribution in [3.8, 4) is 0 Å². The maximum Gasteiger partial charge on any atom is 0.393 e. The molecule has 112 valence electrons. The molecule has 1 aromatic heterocycles. The molecule has 1 saturated heterocycles. The third-order valence-electron chi connectivity index (χ3n) is 4.42. The van der Waals surface area contributed by atoms with Gasteiger partial charge in [-0.1, -0.05) is 0 Å². The number of rotatable bonds is 3. The number of fused-ring (bicyclic) bond motifs is 1. The first-order chi connectivity index (χ1) is 9.54. The van der Waals surface area contributed by atoms with Crippen molar-refractivity contribution in [1.29, 1.82) is 0 Å². The fraction of sp³-hybridized carbons (Fsp3) is 0.846. The Morgan fingerprint density at radius 2 is 2.10 bits per heavy atom. The summed E-state index contributed by atoms with van der Waals surface area (Å²) in [6, 6.07) is 0. The molecule has 2 atom stereocenters. The van der Waals surface area contributed by atoms with Crippen LogP contribution >= 0.6 is 0 Å². The van der Waals surface area contributed by atoms with Gasteiger partial charge < -0.3 is 9.88 Å². The number of aryl methyl sites for hydroxylation is 2. The number of hydrogen-bond donors (Lipinski definition) is 1. The molecule has 0 saturated carbocycles. The van der Waals surface area contributed by atoms with Crippen LogP contribution in [0, 0.1) is 11.8 Å². The Kier molecular flexibility index (Phi) is 3.70. The maximum absolute atomic E-state index is 12.8. The lowest BCUT2D eigenvalue weighted by Crippen LogP contribution is -2.32. The monoisotopic (exact) mass is 288 g/mol. The highest BCUT2D eigenvalue weighted by Gasteiger charge is 2.42. The lowest BCUT2D eigenvalue weighted by molar-refractivity contribution is -0.182. The molecule has 2 aliphatic rings. The summed E-state index contributed by atoms with van der Waals surface area (Å²) >= 11 is 0. The van der Waals surface area contributed by atoms with E-state index < -0.39 is 12.1 Å². The van der Waals surface area contributed by atoms with Crippen LogP contribution in [0.15, 0.2) is 0 Å². The van der Waals surface area contributed by atoms with Crippen LogP contribution in [0.1, 0.15) is 30.9 Å². The van der Waals surface area contributed by atoms with Gasteiger partial charge in [0.15, 0.2) is 0 Å². The van der Waals surface area contributed by atoms with Crippen molar-refractivity contribution in [3.63, 3.8) is 0 Å². The molecule has 0 bridgehead atoms. The Morgan fingerprint density at radius 1 is 1.25 bits per heavy atom. The van der Waals surface area contributed by atoms with Crippen molar-refractivity contribution in [1.82, 2.24) is 20.1 Å². The molecule has 0 aliphatic carbocycles. The molecule has 20 heavy (non-hydrogen) atoms. The average molecular weight is 288 g/mol. The quantitative estimate of drug-likeness (QED) is 0.924. The summed E-state index contributed by atoms with van der Waals surface area (Å²) in [4.78, 5) is 0. The molecule has 0 spiro atoms. The zero-order chi connectivity index (χ0) is 14.2. The molecule has 0 radical (unpaired) electrons. The topological polar surface area (TPSA) is 42.7 Å². The number of halogens is 3. The number of aromatic nitrogens is 3. The predicted molar refractivity (Wildman–Crippen MR) is 67.2 cm³/mol. The van der Waals surface area contributed by atoms with E-state index in [0.29, 0.717) is 18.2 Å². The zero-order valence-electron chi connectivity index (χ0n) is 11.3. The zero-order valence-corrected chi connectivity index (χ0v) is 11.3. The first kappa shape index (κ1) is 13.9. The second-order valence-corrected chi connectivity index (χ2v) is 5.82. The van der Waals surface area contributed by atoms with Crippen LogP contribution in [0.25, 0.3) is 0 Å². The molecule has 4 nitrogen and oxygen atoms in total. The van der Waals surface area contributed by atoms with Crippen LogP contribution in [-0.2, 0) is 19.4 Å². The van der Waals surface area contributed by atoms with E-state index in [1.54, 1.807) is 4.57 Å². The predicted octanol–water partition coefficient (Wildman–Crippen LogP) is 1.94. The SMILES string of the molecule is FC(F)(F)C1CCc2nnc(CCC3CCNC3)n2C1. The van der Waals surface area contributed by atoms with Crippen molar-refractivity contribution in [2.75, 3.05) is 13.1 Å². The van der Waals surface area contributed by atoms with Crippen LogP contribution in [-0.4, -0.2) is 34.0 Å². The first-order valence-electron chi connectivity index (χ1n) is 7.22. The standard InChI is InChI=1S/C13H19F3N4/c14-13(15,16)10-2-4-12-19-18-11(20(12)8-10)3-1-9-5-6-17-7-9/h9-10,17H,1-8H2. The van der Waals surface area contributed by atoms with Gasteiger partial charge in [0.05, 0.1) is 5.92 Å². The van der Waals surface area contributed by atoms with E-state index in [-0.39, 0.29) is 13.0 Å².